The highest BCUT2D eigenvalue weighted by Crippen LogP contribution is 2.26. The van der Waals surface area contributed by atoms with Crippen molar-refractivity contribution in [3.63, 3.8) is 0 Å². The number of amides is 3. The van der Waals surface area contributed by atoms with Crippen molar-refractivity contribution in [2.24, 2.45) is 0 Å². The molecule has 164 valence electrons. The molecule has 0 radical (unpaired) electrons. The molecule has 0 bridgehead atoms. The molecule has 1 heterocycles. The Morgan fingerprint density at radius 1 is 1.10 bits per heavy atom. The summed E-state index contributed by atoms with van der Waals surface area (Å²) in [7, 11) is 1.58. The van der Waals surface area contributed by atoms with E-state index in [0.29, 0.717) is 36.8 Å². The van der Waals surface area contributed by atoms with Crippen LogP contribution in [0.25, 0.3) is 0 Å². The van der Waals surface area contributed by atoms with Gasteiger partial charge >= 0.3 is 0 Å². The molecule has 31 heavy (non-hydrogen) atoms. The number of hydrogen-bond donors (Lipinski definition) is 2. The zero-order valence-electron chi connectivity index (χ0n) is 17.7. The maximum atomic E-state index is 12.5. The predicted octanol–water partition coefficient (Wildman–Crippen LogP) is 2.22. The third kappa shape index (κ3) is 5.83. The third-order valence-electron chi connectivity index (χ3n) is 5.43. The van der Waals surface area contributed by atoms with Gasteiger partial charge in [0.1, 0.15) is 0 Å². The second kappa shape index (κ2) is 10.4. The fourth-order valence-electron chi connectivity index (χ4n) is 3.77. The molecular weight excluding hydrogens is 416 g/mol. The Kier molecular flexibility index (Phi) is 7.65. The van der Waals surface area contributed by atoms with Gasteiger partial charge in [-0.1, -0.05) is 41.9 Å². The predicted molar refractivity (Wildman–Crippen MR) is 120 cm³/mol. The van der Waals surface area contributed by atoms with E-state index in [0.717, 1.165) is 11.1 Å². The number of halogens is 1. The topological polar surface area (TPSA) is 81.8 Å². The first-order chi connectivity index (χ1) is 14.9. The maximum absolute atomic E-state index is 12.5. The van der Waals surface area contributed by atoms with Crippen LogP contribution >= 0.6 is 11.6 Å². The van der Waals surface area contributed by atoms with Crippen LogP contribution in [0.5, 0.6) is 0 Å². The first kappa shape index (κ1) is 22.8. The molecule has 0 saturated carbocycles. The second-order valence-electron chi connectivity index (χ2n) is 7.54. The number of nitrogens with one attached hydrogen (secondary N) is 2. The van der Waals surface area contributed by atoms with Crippen LogP contribution in [0.4, 0.5) is 0 Å². The van der Waals surface area contributed by atoms with Crippen LogP contribution in [0.2, 0.25) is 5.02 Å². The summed E-state index contributed by atoms with van der Waals surface area (Å²) >= 11 is 6.15. The summed E-state index contributed by atoms with van der Waals surface area (Å²) < 4.78 is 0. The molecule has 3 amide bonds. The Morgan fingerprint density at radius 3 is 2.58 bits per heavy atom. The molecule has 2 aromatic rings. The van der Waals surface area contributed by atoms with Crippen LogP contribution in [0.3, 0.4) is 0 Å². The lowest BCUT2D eigenvalue weighted by Gasteiger charge is -2.41. The number of benzene rings is 2. The van der Waals surface area contributed by atoms with Crippen LogP contribution in [0.1, 0.15) is 34.5 Å². The Labute approximate surface area is 187 Å². The van der Waals surface area contributed by atoms with Crippen LogP contribution < -0.4 is 10.6 Å². The molecule has 3 rings (SSSR count). The molecule has 1 aliphatic rings. The number of piperazine rings is 1. The number of carbonyl (C=O) groups excluding carboxylic acids is 3. The molecule has 1 saturated heterocycles. The van der Waals surface area contributed by atoms with Crippen LogP contribution in [0.15, 0.2) is 48.5 Å². The van der Waals surface area contributed by atoms with Crippen molar-refractivity contribution >= 4 is 29.3 Å². The van der Waals surface area contributed by atoms with Crippen molar-refractivity contribution in [1.29, 1.82) is 0 Å². The Morgan fingerprint density at radius 2 is 1.87 bits per heavy atom. The highest BCUT2D eigenvalue weighted by molar-refractivity contribution is 6.31. The van der Waals surface area contributed by atoms with Gasteiger partial charge in [0.15, 0.2) is 0 Å². The van der Waals surface area contributed by atoms with Gasteiger partial charge in [0, 0.05) is 50.7 Å². The number of carbonyl (C=O) groups is 3. The second-order valence-corrected chi connectivity index (χ2v) is 7.94. The van der Waals surface area contributed by atoms with Gasteiger partial charge in [-0.2, -0.15) is 0 Å². The highest BCUT2D eigenvalue weighted by atomic mass is 35.5. The van der Waals surface area contributed by atoms with Gasteiger partial charge in [-0.05, 0) is 29.3 Å². The summed E-state index contributed by atoms with van der Waals surface area (Å²) in [4.78, 5) is 40.6. The molecule has 2 aromatic carbocycles. The first-order valence-electron chi connectivity index (χ1n) is 10.2. The Balaban J connectivity index is 1.67. The van der Waals surface area contributed by atoms with Crippen molar-refractivity contribution in [2.75, 3.05) is 33.2 Å². The van der Waals surface area contributed by atoms with Gasteiger partial charge in [0.25, 0.3) is 5.91 Å². The molecule has 0 spiro atoms. The van der Waals surface area contributed by atoms with Crippen molar-refractivity contribution in [2.45, 2.75) is 19.5 Å². The quantitative estimate of drug-likeness (QED) is 0.718. The van der Waals surface area contributed by atoms with Crippen LogP contribution in [0, 0.1) is 0 Å². The highest BCUT2D eigenvalue weighted by Gasteiger charge is 2.31. The molecule has 2 N–H and O–H groups in total. The van der Waals surface area contributed by atoms with E-state index in [4.69, 9.17) is 11.6 Å². The monoisotopic (exact) mass is 442 g/mol. The van der Waals surface area contributed by atoms with E-state index in [-0.39, 0.29) is 30.3 Å². The molecule has 0 aliphatic carbocycles. The van der Waals surface area contributed by atoms with Gasteiger partial charge < -0.3 is 15.5 Å². The molecule has 7 nitrogen and oxygen atoms in total. The Hall–Kier alpha value is -2.90. The van der Waals surface area contributed by atoms with Crippen molar-refractivity contribution in [1.82, 2.24) is 20.4 Å². The molecule has 1 atom stereocenters. The largest absolute Gasteiger partial charge is 0.355 e. The van der Waals surface area contributed by atoms with Gasteiger partial charge in [-0.25, -0.2) is 0 Å². The fourth-order valence-corrected chi connectivity index (χ4v) is 3.97. The molecule has 1 aliphatic heterocycles. The minimum absolute atomic E-state index is 0.0295. The molecular formula is C23H27ClN4O3. The molecule has 1 fully saturated rings. The van der Waals surface area contributed by atoms with Gasteiger partial charge in [0.05, 0.1) is 12.6 Å². The van der Waals surface area contributed by atoms with E-state index in [9.17, 15) is 14.4 Å². The molecule has 0 aromatic heterocycles. The average Bonchev–Trinajstić information content (AvgIpc) is 2.78. The van der Waals surface area contributed by atoms with Crippen LogP contribution in [-0.4, -0.2) is 60.7 Å². The zero-order chi connectivity index (χ0) is 22.4. The minimum Gasteiger partial charge on any atom is -0.355 e. The van der Waals surface area contributed by atoms with Crippen molar-refractivity contribution in [3.05, 3.63) is 70.2 Å². The van der Waals surface area contributed by atoms with E-state index in [1.54, 1.807) is 37.1 Å². The maximum Gasteiger partial charge on any atom is 0.251 e. The molecule has 0 unspecified atom stereocenters. The van der Waals surface area contributed by atoms with E-state index in [1.807, 2.05) is 35.2 Å². The van der Waals surface area contributed by atoms with Gasteiger partial charge in [0.2, 0.25) is 11.8 Å². The van der Waals surface area contributed by atoms with Gasteiger partial charge in [-0.3, -0.25) is 19.3 Å². The lowest BCUT2D eigenvalue weighted by Crippen LogP contribution is -2.52. The van der Waals surface area contributed by atoms with Crippen molar-refractivity contribution in [3.8, 4) is 0 Å². The summed E-state index contributed by atoms with van der Waals surface area (Å²) in [6, 6.07) is 14.4. The lowest BCUT2D eigenvalue weighted by molar-refractivity contribution is -0.134. The number of rotatable bonds is 6. The van der Waals surface area contributed by atoms with E-state index in [1.165, 1.54) is 0 Å². The summed E-state index contributed by atoms with van der Waals surface area (Å²) in [5, 5.41) is 6.15. The first-order valence-corrected chi connectivity index (χ1v) is 10.6. The fraction of sp³-hybridized carbons (Fsp3) is 0.348. The molecule has 8 heteroatoms. The number of hydrogen-bond acceptors (Lipinski definition) is 4. The summed E-state index contributed by atoms with van der Waals surface area (Å²) in [5.41, 5.74) is 2.28. The smallest absolute Gasteiger partial charge is 0.251 e. The van der Waals surface area contributed by atoms with Crippen molar-refractivity contribution < 1.29 is 14.4 Å². The number of nitrogens with zero attached hydrogens (tertiary/aromatic N) is 2. The summed E-state index contributed by atoms with van der Waals surface area (Å²) in [5.74, 6) is -0.310. The third-order valence-corrected chi connectivity index (χ3v) is 5.80. The lowest BCUT2D eigenvalue weighted by atomic mass is 9.99. The minimum atomic E-state index is -0.229. The summed E-state index contributed by atoms with van der Waals surface area (Å²) in [6.07, 6.45) is 0. The standard InChI is InChI=1S/C23H27ClN4O3/c1-16(29)28-11-10-27(15-22(30)26-13-19-6-3-4-9-20(19)24)14-21(28)17-7-5-8-18(12-17)23(31)25-2/h3-9,12,21H,10-11,13-15H2,1-2H3,(H,25,31)(H,26,30)/t21-/m0/s1. The Bertz CT molecular complexity index is 965. The normalized spacial score (nSPS) is 16.6. The van der Waals surface area contributed by atoms with Crippen LogP contribution in [-0.2, 0) is 16.1 Å². The van der Waals surface area contributed by atoms with E-state index in [2.05, 4.69) is 10.6 Å². The van der Waals surface area contributed by atoms with Gasteiger partial charge in [-0.15, -0.1) is 0 Å². The SMILES string of the molecule is CNC(=O)c1cccc([C@@H]2CN(CC(=O)NCc3ccccc3Cl)CCN2C(C)=O)c1. The average molecular weight is 443 g/mol. The zero-order valence-corrected chi connectivity index (χ0v) is 18.5. The van der Waals surface area contributed by atoms with E-state index < -0.39 is 0 Å². The summed E-state index contributed by atoms with van der Waals surface area (Å²) in [6.45, 7) is 3.76. The van der Waals surface area contributed by atoms with E-state index >= 15 is 0 Å².